The Morgan fingerprint density at radius 1 is 1.00 bits per heavy atom. The number of benzene rings is 1. The van der Waals surface area contributed by atoms with E-state index in [0.717, 1.165) is 5.56 Å². The highest BCUT2D eigenvalue weighted by Gasteiger charge is 2.31. The van der Waals surface area contributed by atoms with Crippen molar-refractivity contribution in [3.8, 4) is 11.5 Å². The first kappa shape index (κ1) is 21.3. The molecule has 1 N–H and O–H groups in total. The van der Waals surface area contributed by atoms with E-state index in [0.29, 0.717) is 17.9 Å². The third-order valence-corrected chi connectivity index (χ3v) is 3.47. The van der Waals surface area contributed by atoms with Gasteiger partial charge in [-0.2, -0.15) is 0 Å². The van der Waals surface area contributed by atoms with Gasteiger partial charge in [-0.05, 0) is 31.9 Å². The summed E-state index contributed by atoms with van der Waals surface area (Å²) in [7, 11) is 3.07. The number of hydrogen-bond acceptors (Lipinski definition) is 7. The van der Waals surface area contributed by atoms with Gasteiger partial charge < -0.3 is 24.3 Å². The lowest BCUT2D eigenvalue weighted by atomic mass is 10.1. The molecule has 0 radical (unpaired) electrons. The summed E-state index contributed by atoms with van der Waals surface area (Å²) >= 11 is 0. The van der Waals surface area contributed by atoms with Crippen molar-refractivity contribution in [2.24, 2.45) is 0 Å². The van der Waals surface area contributed by atoms with E-state index in [9.17, 15) is 14.4 Å². The van der Waals surface area contributed by atoms with Gasteiger partial charge in [-0.25, -0.2) is 9.59 Å². The van der Waals surface area contributed by atoms with Crippen LogP contribution in [0.25, 0.3) is 0 Å². The molecule has 0 aliphatic rings. The maximum absolute atomic E-state index is 12.2. The van der Waals surface area contributed by atoms with Gasteiger partial charge in [0.05, 0.1) is 27.4 Å². The summed E-state index contributed by atoms with van der Waals surface area (Å²) in [4.78, 5) is 35.9. The Balaban J connectivity index is 2.73. The number of carbonyl (C=O) groups excluding carboxylic acids is 3. The Kier molecular flexibility index (Phi) is 8.97. The van der Waals surface area contributed by atoms with E-state index in [-0.39, 0.29) is 19.6 Å². The van der Waals surface area contributed by atoms with Gasteiger partial charge >= 0.3 is 11.9 Å². The molecule has 26 heavy (non-hydrogen) atoms. The zero-order chi connectivity index (χ0) is 19.5. The van der Waals surface area contributed by atoms with Gasteiger partial charge in [0.25, 0.3) is 0 Å². The van der Waals surface area contributed by atoms with Crippen LogP contribution in [0.15, 0.2) is 18.2 Å². The van der Waals surface area contributed by atoms with Gasteiger partial charge in [0.15, 0.2) is 0 Å². The largest absolute Gasteiger partial charge is 0.497 e. The van der Waals surface area contributed by atoms with E-state index in [1.807, 2.05) is 0 Å². The highest BCUT2D eigenvalue weighted by atomic mass is 16.6. The molecule has 0 aromatic heterocycles. The van der Waals surface area contributed by atoms with Crippen LogP contribution < -0.4 is 14.8 Å². The number of amides is 1. The van der Waals surface area contributed by atoms with Crippen LogP contribution in [0.5, 0.6) is 11.5 Å². The van der Waals surface area contributed by atoms with Crippen LogP contribution in [0.3, 0.4) is 0 Å². The maximum atomic E-state index is 12.2. The van der Waals surface area contributed by atoms with Crippen LogP contribution in [0, 0.1) is 0 Å². The molecule has 8 heteroatoms. The van der Waals surface area contributed by atoms with Gasteiger partial charge in [-0.3, -0.25) is 4.79 Å². The summed E-state index contributed by atoms with van der Waals surface area (Å²) in [5, 5.41) is 2.36. The lowest BCUT2D eigenvalue weighted by molar-refractivity contribution is -0.159. The summed E-state index contributed by atoms with van der Waals surface area (Å²) in [5.41, 5.74) is 0.798. The molecule has 0 aliphatic carbocycles. The number of hydrogen-bond donors (Lipinski definition) is 1. The molecule has 0 heterocycles. The van der Waals surface area contributed by atoms with Crippen molar-refractivity contribution < 1.29 is 33.3 Å². The Morgan fingerprint density at radius 2 is 1.62 bits per heavy atom. The van der Waals surface area contributed by atoms with Crippen molar-refractivity contribution in [2.75, 3.05) is 27.4 Å². The van der Waals surface area contributed by atoms with Crippen molar-refractivity contribution in [3.05, 3.63) is 23.8 Å². The van der Waals surface area contributed by atoms with Gasteiger partial charge in [0.1, 0.15) is 11.5 Å². The molecule has 0 unspecified atom stereocenters. The number of aryl methyl sites for hydroxylation is 1. The first-order valence-electron chi connectivity index (χ1n) is 8.30. The Labute approximate surface area is 152 Å². The average molecular weight is 367 g/mol. The fraction of sp³-hybridized carbons (Fsp3) is 0.500. The SMILES string of the molecule is CCOC(=O)C(NC(=O)CCc1ccc(OC)cc1OC)C(=O)OCC. The van der Waals surface area contributed by atoms with E-state index in [1.165, 1.54) is 7.11 Å². The third-order valence-electron chi connectivity index (χ3n) is 3.47. The molecule has 1 rings (SSSR count). The highest BCUT2D eigenvalue weighted by molar-refractivity contribution is 6.02. The van der Waals surface area contributed by atoms with E-state index in [2.05, 4.69) is 5.32 Å². The van der Waals surface area contributed by atoms with Crippen molar-refractivity contribution in [1.82, 2.24) is 5.32 Å². The second-order valence-electron chi connectivity index (χ2n) is 5.18. The first-order chi connectivity index (χ1) is 12.5. The topological polar surface area (TPSA) is 100 Å². The molecule has 0 atom stereocenters. The Hall–Kier alpha value is -2.77. The molecule has 0 aliphatic heterocycles. The van der Waals surface area contributed by atoms with Crippen LogP contribution >= 0.6 is 0 Å². The molecule has 8 nitrogen and oxygen atoms in total. The number of ether oxygens (including phenoxy) is 4. The zero-order valence-corrected chi connectivity index (χ0v) is 15.5. The van der Waals surface area contributed by atoms with Gasteiger partial charge in [-0.1, -0.05) is 6.07 Å². The van der Waals surface area contributed by atoms with Crippen molar-refractivity contribution in [1.29, 1.82) is 0 Å². The average Bonchev–Trinajstić information content (AvgIpc) is 2.64. The van der Waals surface area contributed by atoms with E-state index in [4.69, 9.17) is 18.9 Å². The molecule has 1 aromatic carbocycles. The monoisotopic (exact) mass is 367 g/mol. The Morgan fingerprint density at radius 3 is 2.12 bits per heavy atom. The van der Waals surface area contributed by atoms with Crippen LogP contribution in [0.2, 0.25) is 0 Å². The second-order valence-corrected chi connectivity index (χ2v) is 5.18. The van der Waals surface area contributed by atoms with Gasteiger partial charge in [-0.15, -0.1) is 0 Å². The quantitative estimate of drug-likeness (QED) is 0.491. The normalized spacial score (nSPS) is 10.2. The minimum atomic E-state index is -1.47. The molecular weight excluding hydrogens is 342 g/mol. The molecule has 0 saturated carbocycles. The lowest BCUT2D eigenvalue weighted by Gasteiger charge is -2.16. The predicted molar refractivity (Wildman–Crippen MR) is 93.1 cm³/mol. The van der Waals surface area contributed by atoms with Gasteiger partial charge in [0, 0.05) is 12.5 Å². The van der Waals surface area contributed by atoms with Crippen LogP contribution in [-0.2, 0) is 30.3 Å². The number of esters is 2. The minimum Gasteiger partial charge on any atom is -0.497 e. The lowest BCUT2D eigenvalue weighted by Crippen LogP contribution is -2.48. The number of nitrogens with one attached hydrogen (secondary N) is 1. The molecule has 1 aromatic rings. The first-order valence-corrected chi connectivity index (χ1v) is 8.30. The summed E-state index contributed by atoms with van der Waals surface area (Å²) in [6.45, 7) is 3.40. The Bertz CT molecular complexity index is 612. The maximum Gasteiger partial charge on any atom is 0.340 e. The predicted octanol–water partition coefficient (Wildman–Crippen LogP) is 1.25. The second kappa shape index (κ2) is 11.0. The smallest absolute Gasteiger partial charge is 0.340 e. The number of methoxy groups -OCH3 is 2. The molecule has 0 bridgehead atoms. The highest BCUT2D eigenvalue weighted by Crippen LogP contribution is 2.25. The van der Waals surface area contributed by atoms with Crippen molar-refractivity contribution in [2.45, 2.75) is 32.7 Å². The molecule has 0 spiro atoms. The molecular formula is C18H25NO7. The van der Waals surface area contributed by atoms with Crippen LogP contribution in [-0.4, -0.2) is 51.3 Å². The summed E-state index contributed by atoms with van der Waals surface area (Å²) in [5.74, 6) is -0.944. The van der Waals surface area contributed by atoms with E-state index >= 15 is 0 Å². The van der Waals surface area contributed by atoms with Crippen LogP contribution in [0.4, 0.5) is 0 Å². The number of carbonyl (C=O) groups is 3. The molecule has 0 saturated heterocycles. The summed E-state index contributed by atoms with van der Waals surface area (Å²) in [6.07, 6.45) is 0.412. The van der Waals surface area contributed by atoms with Crippen molar-refractivity contribution in [3.63, 3.8) is 0 Å². The zero-order valence-electron chi connectivity index (χ0n) is 15.5. The standard InChI is InChI=1S/C18H25NO7/c1-5-25-17(21)16(18(22)26-6-2)19-15(20)10-8-12-7-9-13(23-3)11-14(12)24-4/h7,9,11,16H,5-6,8,10H2,1-4H3,(H,19,20). The summed E-state index contributed by atoms with van der Waals surface area (Å²) < 4.78 is 20.0. The fourth-order valence-corrected chi connectivity index (χ4v) is 2.21. The molecule has 0 fully saturated rings. The minimum absolute atomic E-state index is 0.0536. The fourth-order valence-electron chi connectivity index (χ4n) is 2.21. The number of rotatable bonds is 10. The molecule has 144 valence electrons. The third kappa shape index (κ3) is 6.27. The van der Waals surface area contributed by atoms with Gasteiger partial charge in [0.2, 0.25) is 11.9 Å². The van der Waals surface area contributed by atoms with Crippen LogP contribution in [0.1, 0.15) is 25.8 Å². The van der Waals surface area contributed by atoms with E-state index < -0.39 is 23.9 Å². The molecule has 1 amide bonds. The van der Waals surface area contributed by atoms with Crippen molar-refractivity contribution >= 4 is 17.8 Å². The van der Waals surface area contributed by atoms with E-state index in [1.54, 1.807) is 39.2 Å². The summed E-state index contributed by atoms with van der Waals surface area (Å²) in [6, 6.07) is 3.79.